The number of phenols is 3. The summed E-state index contributed by atoms with van der Waals surface area (Å²) in [5, 5.41) is 56.5. The topological polar surface area (TPSA) is 315 Å². The lowest BCUT2D eigenvalue weighted by atomic mass is 9.48. The number of para-hydroxylation sites is 1. The third-order valence-electron chi connectivity index (χ3n) is 29.1. The van der Waals surface area contributed by atoms with Gasteiger partial charge in [0.25, 0.3) is 5.69 Å². The van der Waals surface area contributed by atoms with Crippen molar-refractivity contribution in [2.45, 2.75) is 214 Å². The number of aliphatic hydroxyl groups is 1. The number of benzene rings is 7. The average Bonchev–Trinajstić information content (AvgIpc) is 1.46. The van der Waals surface area contributed by atoms with Gasteiger partial charge in [-0.2, -0.15) is 0 Å². The molecule has 13 atom stereocenters. The van der Waals surface area contributed by atoms with Gasteiger partial charge in [0.15, 0.2) is 11.5 Å². The second-order valence-electron chi connectivity index (χ2n) is 34.8. The van der Waals surface area contributed by atoms with E-state index in [2.05, 4.69) is 161 Å². The summed E-state index contributed by atoms with van der Waals surface area (Å²) in [6.45, 7) is 20.2. The van der Waals surface area contributed by atoms with Gasteiger partial charge in [0.1, 0.15) is 23.8 Å². The maximum absolute atomic E-state index is 12.5. The lowest BCUT2D eigenvalue weighted by molar-refractivity contribution is -0.384. The van der Waals surface area contributed by atoms with Crippen molar-refractivity contribution in [1.82, 2.24) is 24.5 Å². The Morgan fingerprint density at radius 3 is 1.98 bits per heavy atom. The van der Waals surface area contributed by atoms with Gasteiger partial charge in [0, 0.05) is 123 Å². The van der Waals surface area contributed by atoms with E-state index in [1.807, 2.05) is 66.4 Å². The van der Waals surface area contributed by atoms with Crippen LogP contribution in [0.4, 0.5) is 22.7 Å². The number of fused-ring (bicyclic) bond motifs is 6. The van der Waals surface area contributed by atoms with Gasteiger partial charge in [-0.3, -0.25) is 14.9 Å². The van der Waals surface area contributed by atoms with E-state index < -0.39 is 11.0 Å². The van der Waals surface area contributed by atoms with Crippen LogP contribution in [0.1, 0.15) is 155 Å². The van der Waals surface area contributed by atoms with Gasteiger partial charge in [-0.25, -0.2) is 0 Å². The van der Waals surface area contributed by atoms with E-state index in [1.165, 1.54) is 58.8 Å². The number of nitro benzene ring substituents is 1. The first-order chi connectivity index (χ1) is 56.0. The highest BCUT2D eigenvalue weighted by Crippen LogP contribution is 2.65. The Morgan fingerprint density at radius 2 is 1.31 bits per heavy atom. The summed E-state index contributed by atoms with van der Waals surface area (Å²) in [5.41, 5.74) is 42.5. The van der Waals surface area contributed by atoms with Crippen molar-refractivity contribution >= 4 is 28.7 Å². The predicted molar refractivity (Wildman–Crippen MR) is 466 cm³/mol. The van der Waals surface area contributed by atoms with Crippen molar-refractivity contribution < 1.29 is 34.9 Å². The molecule has 0 aromatic heterocycles. The lowest BCUT2D eigenvalue weighted by Crippen LogP contribution is -2.77. The Hall–Kier alpha value is -8.23. The van der Waals surface area contributed by atoms with Crippen molar-refractivity contribution in [1.29, 1.82) is 0 Å². The Morgan fingerprint density at radius 1 is 0.672 bits per heavy atom. The number of non-ortho nitro benzene ring substituents is 1. The molecule has 6 fully saturated rings. The maximum Gasteiger partial charge on any atom is 0.271 e. The van der Waals surface area contributed by atoms with Crippen molar-refractivity contribution in [2.75, 3.05) is 115 Å². The molecule has 22 nitrogen and oxygen atoms in total. The van der Waals surface area contributed by atoms with Crippen molar-refractivity contribution in [3.8, 4) is 23.0 Å². The van der Waals surface area contributed by atoms with E-state index >= 15 is 0 Å². The summed E-state index contributed by atoms with van der Waals surface area (Å²) in [4.78, 5) is 39.9. The summed E-state index contributed by atoms with van der Waals surface area (Å²) in [6, 6.07) is 51.8. The molecular weight excluding hydrogens is 1450 g/mol. The number of ether oxygens (including phenoxy) is 1. The molecule has 626 valence electrons. The minimum Gasteiger partial charge on any atom is -0.508 e. The van der Waals surface area contributed by atoms with Gasteiger partial charge < -0.3 is 93.4 Å². The number of anilines is 3. The van der Waals surface area contributed by atoms with Crippen LogP contribution in [-0.4, -0.2) is 210 Å². The number of hydrogen-bond acceptors (Lipinski definition) is 20. The van der Waals surface area contributed by atoms with Gasteiger partial charge >= 0.3 is 0 Å². The quantitative estimate of drug-likeness (QED) is 0.0299. The van der Waals surface area contributed by atoms with Crippen LogP contribution in [0.5, 0.6) is 23.0 Å². The fraction of sp³-hybridized carbons (Fsp3) is 0.543. The van der Waals surface area contributed by atoms with Crippen LogP contribution in [0.25, 0.3) is 0 Å². The van der Waals surface area contributed by atoms with E-state index in [4.69, 9.17) is 27.7 Å². The zero-order valence-electron chi connectivity index (χ0n) is 70.1. The molecular formula is C94H132N14O8. The Bertz CT molecular complexity index is 4460. The first-order valence-corrected chi connectivity index (χ1v) is 43.2. The third kappa shape index (κ3) is 16.8. The molecule has 18 rings (SSSR count). The van der Waals surface area contributed by atoms with E-state index in [0.29, 0.717) is 66.7 Å². The van der Waals surface area contributed by atoms with Gasteiger partial charge in [0.05, 0.1) is 27.3 Å². The number of hydrogen-bond donors (Lipinski definition) is 10. The van der Waals surface area contributed by atoms with E-state index in [0.717, 1.165) is 190 Å². The summed E-state index contributed by atoms with van der Waals surface area (Å²) < 4.78 is 6.17. The van der Waals surface area contributed by atoms with Crippen LogP contribution < -0.4 is 48.5 Å². The van der Waals surface area contributed by atoms with Gasteiger partial charge in [-0.15, -0.1) is 0 Å². The molecule has 15 N–H and O–H groups in total. The molecule has 116 heavy (non-hydrogen) atoms. The number of aromatic hydroxyl groups is 3. The Labute approximate surface area is 688 Å². The number of carbonyl (C=O) groups excluding carboxylic acids is 1. The highest BCUT2D eigenvalue weighted by Gasteiger charge is 2.72. The van der Waals surface area contributed by atoms with Crippen LogP contribution in [0.15, 0.2) is 152 Å². The number of nitrogens with zero attached hydrogens (tertiary/aromatic N) is 8. The largest absolute Gasteiger partial charge is 0.508 e. The molecule has 0 radical (unpaired) electrons. The number of nitro groups is 1. The number of amides is 1. The monoisotopic (exact) mass is 1590 g/mol. The number of likely N-dealkylation sites (N-methyl/N-ethyl adjacent to an activating group) is 4. The minimum atomic E-state index is -0.813. The number of piperidine rings is 4. The number of nitrogens with two attached hydrogens (primary N) is 5. The summed E-state index contributed by atoms with van der Waals surface area (Å²) in [5.74, 6) is 3.09. The molecule has 7 aromatic rings. The zero-order valence-corrected chi connectivity index (χ0v) is 70.1. The molecule has 5 aliphatic carbocycles. The van der Waals surface area contributed by atoms with E-state index in [9.17, 15) is 35.3 Å². The van der Waals surface area contributed by atoms with E-state index in [-0.39, 0.29) is 57.5 Å². The van der Waals surface area contributed by atoms with Crippen LogP contribution in [0.2, 0.25) is 0 Å². The molecule has 6 bridgehead atoms. The molecule has 1 amide bonds. The van der Waals surface area contributed by atoms with Crippen LogP contribution in [0, 0.1) is 22.0 Å². The molecule has 6 heterocycles. The Kier molecular flexibility index (Phi) is 27.3. The number of rotatable bonds is 17. The third-order valence-corrected chi connectivity index (χ3v) is 29.1. The Balaban J connectivity index is 0.000000126. The minimum absolute atomic E-state index is 0.0660. The maximum atomic E-state index is 12.5. The SMILES string of the molecule is CC1C2Cc3ccc(O)cc3C1(CCN)CCN2C.CCC(=O)N(c1ccccc1)C1CCN(CCc2ccccc2)CC1.CCN(CC)CCN1c2ccc([N+](=O)[O-])cc2NC1Cc1ccc(CN)cc1.CN.CN1CCC23CC(N)CCC2C1Cc1ccc(O)cc13.CN1CCC23c4c5ccc(O)c4O[C@H]2C(N)CCC3(O)C1C5. The number of likely N-dealkylation sites (tertiary alicyclic amines) is 4. The van der Waals surface area contributed by atoms with Gasteiger partial charge in [0.2, 0.25) is 5.91 Å². The zero-order chi connectivity index (χ0) is 82.4. The van der Waals surface area contributed by atoms with Gasteiger partial charge in [-0.1, -0.05) is 119 Å². The summed E-state index contributed by atoms with van der Waals surface area (Å²) >= 11 is 0. The molecule has 12 unspecified atom stereocenters. The lowest BCUT2D eigenvalue weighted by Gasteiger charge is -2.63. The molecule has 7 aromatic carbocycles. The smallest absolute Gasteiger partial charge is 0.271 e. The number of phenolic OH excluding ortho intramolecular Hbond substituents is 3. The van der Waals surface area contributed by atoms with Gasteiger partial charge in [-0.05, 0) is 269 Å². The van der Waals surface area contributed by atoms with E-state index in [1.54, 1.807) is 18.2 Å². The summed E-state index contributed by atoms with van der Waals surface area (Å²) in [7, 11) is 8.11. The molecule has 4 saturated heterocycles. The molecule has 1 spiro atoms. The predicted octanol–water partition coefficient (Wildman–Crippen LogP) is 11.3. The fourth-order valence-electron chi connectivity index (χ4n) is 22.8. The first kappa shape index (κ1) is 85.6. The van der Waals surface area contributed by atoms with Crippen LogP contribution in [0.3, 0.4) is 0 Å². The van der Waals surface area contributed by atoms with Crippen LogP contribution >= 0.6 is 0 Å². The standard InChI is InChI=1S/C22H28N2O.C21H29N5O2.C17H22N2O3.C17H24N2O.C16H24N2O.CH5N/c1-2-22(25)24(20-11-7-4-8-12-20)21-14-17-23(18-15-21)16-13-19-9-5-3-6-10-19;1-3-24(4-2)11-12-25-20-10-9-18(26(27)28)14-19(20)23-21(25)13-16-5-7-17(15-22)8-6-16;1-19-7-6-16-13-9-2-3-11(20)14(13)22-15(16)10(18)4-5-17(16,21)12(19)8-9;1-19-7-6-17-10-12(18)3-5-14(17)16(19)8-11-2-4-13(20)9-15(11)17;1-11-15-9-12-3-4-13(19)10-14(12)16(11,5-7-17)6-8-18(15)2;1-2/h3-12,21H,2,13-18H2,1H3;5-10,14,21,23H,3-4,11-13,15,22H2,1-2H3;2-3,10,12,15,20-21H,4-8,18H2,1H3;2,4,9,12,14,16,20H,3,5-8,10,18H2,1H3;3-4,10-11,15,19H,5-9,17H2,1-2H3;2H2,1H3/t;;10?,12?,15-,16?,17?;;;/m..0.../s1. The molecule has 6 aliphatic heterocycles. The highest BCUT2D eigenvalue weighted by molar-refractivity contribution is 5.93. The summed E-state index contributed by atoms with van der Waals surface area (Å²) in [6.07, 6.45) is 16.6. The highest BCUT2D eigenvalue weighted by atomic mass is 16.6. The second-order valence-corrected chi connectivity index (χ2v) is 34.8. The fourth-order valence-corrected chi connectivity index (χ4v) is 22.8. The number of nitrogens with one attached hydrogen (secondary N) is 1. The molecule has 2 saturated carbocycles. The van der Waals surface area contributed by atoms with Crippen molar-refractivity contribution in [2.24, 2.45) is 40.5 Å². The second kappa shape index (κ2) is 37.0. The van der Waals surface area contributed by atoms with Crippen LogP contribution in [-0.2, 0) is 59.7 Å². The molecule has 11 aliphatic rings. The van der Waals surface area contributed by atoms with Crippen molar-refractivity contribution in [3.63, 3.8) is 0 Å². The number of carbonyl (C=O) groups is 1. The normalized spacial score (nSPS) is 28.3. The average molecular weight is 1590 g/mol. The van der Waals surface area contributed by atoms with Crippen molar-refractivity contribution in [3.05, 3.63) is 212 Å². The first-order valence-electron chi connectivity index (χ1n) is 43.2. The molecule has 22 heteroatoms.